The zero-order valence-electron chi connectivity index (χ0n) is 14.6. The van der Waals surface area contributed by atoms with E-state index >= 15 is 0 Å². The van der Waals surface area contributed by atoms with Crippen LogP contribution in [-0.2, 0) is 4.74 Å². The summed E-state index contributed by atoms with van der Waals surface area (Å²) in [5, 5.41) is 23.6. The molecule has 0 unspecified atom stereocenters. The van der Waals surface area contributed by atoms with Crippen molar-refractivity contribution in [3.63, 3.8) is 0 Å². The lowest BCUT2D eigenvalue weighted by atomic mass is 9.77. The summed E-state index contributed by atoms with van der Waals surface area (Å²) in [5.41, 5.74) is 3.69. The van der Waals surface area contributed by atoms with E-state index in [9.17, 15) is 10.2 Å². The maximum absolute atomic E-state index is 11.0. The molecule has 4 heteroatoms. The fourth-order valence-electron chi connectivity index (χ4n) is 3.59. The number of aliphatic hydroxyl groups is 2. The molecule has 4 nitrogen and oxygen atoms in total. The number of rotatable bonds is 5. The van der Waals surface area contributed by atoms with Crippen LogP contribution in [0.25, 0.3) is 5.57 Å². The first kappa shape index (κ1) is 18.0. The number of benzene rings is 1. The number of aliphatic hydroxyl groups excluding tert-OH is 2. The maximum atomic E-state index is 11.0. The Labute approximate surface area is 139 Å². The van der Waals surface area contributed by atoms with Crippen LogP contribution in [0.4, 0.5) is 0 Å². The second-order valence-corrected chi connectivity index (χ2v) is 6.64. The van der Waals surface area contributed by atoms with Gasteiger partial charge in [-0.1, -0.05) is 23.8 Å². The van der Waals surface area contributed by atoms with E-state index in [1.54, 1.807) is 7.11 Å². The SMILES string of the molecule is COC1CCC(NCO)(/C(O)=C(\C)c2cc(C)ccc2C)CC1. The highest BCUT2D eigenvalue weighted by molar-refractivity contribution is 5.70. The van der Waals surface area contributed by atoms with Crippen molar-refractivity contribution in [3.8, 4) is 0 Å². The number of aryl methyl sites for hydroxylation is 2. The van der Waals surface area contributed by atoms with Gasteiger partial charge in [-0.25, -0.2) is 0 Å². The second-order valence-electron chi connectivity index (χ2n) is 6.64. The normalized spacial score (nSPS) is 26.0. The molecule has 2 rings (SSSR count). The number of allylic oxidation sites excluding steroid dienone is 1. The summed E-state index contributed by atoms with van der Waals surface area (Å²) < 4.78 is 5.43. The molecular weight excluding hydrogens is 290 g/mol. The van der Waals surface area contributed by atoms with Crippen molar-refractivity contribution in [2.75, 3.05) is 13.8 Å². The van der Waals surface area contributed by atoms with Crippen molar-refractivity contribution in [2.24, 2.45) is 0 Å². The van der Waals surface area contributed by atoms with Crippen molar-refractivity contribution in [2.45, 2.75) is 58.1 Å². The third kappa shape index (κ3) is 3.77. The number of methoxy groups -OCH3 is 1. The lowest BCUT2D eigenvalue weighted by Crippen LogP contribution is -2.51. The molecule has 0 heterocycles. The first-order chi connectivity index (χ1) is 10.9. The highest BCUT2D eigenvalue weighted by atomic mass is 16.5. The Morgan fingerprint density at radius 2 is 1.96 bits per heavy atom. The molecule has 0 spiro atoms. The Balaban J connectivity index is 2.39. The molecule has 23 heavy (non-hydrogen) atoms. The van der Waals surface area contributed by atoms with Crippen molar-refractivity contribution in [1.82, 2.24) is 5.32 Å². The molecule has 1 saturated carbocycles. The van der Waals surface area contributed by atoms with E-state index in [4.69, 9.17) is 4.74 Å². The molecule has 0 aromatic heterocycles. The van der Waals surface area contributed by atoms with Crippen LogP contribution in [0.2, 0.25) is 0 Å². The molecule has 3 N–H and O–H groups in total. The number of hydrogen-bond donors (Lipinski definition) is 3. The van der Waals surface area contributed by atoms with Gasteiger partial charge >= 0.3 is 0 Å². The van der Waals surface area contributed by atoms with Crippen LogP contribution in [0, 0.1) is 13.8 Å². The summed E-state index contributed by atoms with van der Waals surface area (Å²) in [5.74, 6) is 0.342. The smallest absolute Gasteiger partial charge is 0.116 e. The molecule has 1 aliphatic carbocycles. The van der Waals surface area contributed by atoms with Gasteiger partial charge in [0.05, 0.1) is 18.4 Å². The predicted molar refractivity (Wildman–Crippen MR) is 93.4 cm³/mol. The van der Waals surface area contributed by atoms with Crippen LogP contribution >= 0.6 is 0 Å². The van der Waals surface area contributed by atoms with Gasteiger partial charge in [-0.2, -0.15) is 0 Å². The highest BCUT2D eigenvalue weighted by Gasteiger charge is 2.39. The summed E-state index contributed by atoms with van der Waals surface area (Å²) in [4.78, 5) is 0. The summed E-state index contributed by atoms with van der Waals surface area (Å²) in [7, 11) is 1.73. The average Bonchev–Trinajstić information content (AvgIpc) is 2.56. The molecule has 0 amide bonds. The van der Waals surface area contributed by atoms with E-state index < -0.39 is 5.54 Å². The predicted octanol–water partition coefficient (Wildman–Crippen LogP) is 3.46. The Morgan fingerprint density at radius 1 is 1.30 bits per heavy atom. The Morgan fingerprint density at radius 3 is 2.52 bits per heavy atom. The Kier molecular flexibility index (Phi) is 5.84. The van der Waals surface area contributed by atoms with Crippen molar-refractivity contribution < 1.29 is 14.9 Å². The van der Waals surface area contributed by atoms with E-state index in [1.807, 2.05) is 6.92 Å². The number of nitrogens with one attached hydrogen (secondary N) is 1. The van der Waals surface area contributed by atoms with Gasteiger partial charge in [0.25, 0.3) is 0 Å². The van der Waals surface area contributed by atoms with Crippen LogP contribution in [0.5, 0.6) is 0 Å². The van der Waals surface area contributed by atoms with E-state index in [0.29, 0.717) is 5.76 Å². The van der Waals surface area contributed by atoms with E-state index in [1.165, 1.54) is 5.56 Å². The average molecular weight is 319 g/mol. The van der Waals surface area contributed by atoms with Gasteiger partial charge in [-0.3, -0.25) is 5.32 Å². The fourth-order valence-corrected chi connectivity index (χ4v) is 3.59. The molecule has 128 valence electrons. The minimum absolute atomic E-state index is 0.151. The fraction of sp³-hybridized carbons (Fsp3) is 0.579. The third-order valence-electron chi connectivity index (χ3n) is 5.14. The van der Waals surface area contributed by atoms with Crippen LogP contribution in [0.1, 0.15) is 49.3 Å². The third-order valence-corrected chi connectivity index (χ3v) is 5.14. The largest absolute Gasteiger partial charge is 0.510 e. The topological polar surface area (TPSA) is 61.7 Å². The van der Waals surface area contributed by atoms with Gasteiger partial charge in [0.2, 0.25) is 0 Å². The van der Waals surface area contributed by atoms with Gasteiger partial charge < -0.3 is 14.9 Å². The minimum atomic E-state index is -0.565. The van der Waals surface area contributed by atoms with Crippen LogP contribution in [0.15, 0.2) is 24.0 Å². The molecule has 1 aromatic rings. The second kappa shape index (κ2) is 7.47. The van der Waals surface area contributed by atoms with Gasteiger partial charge in [0.1, 0.15) is 5.76 Å². The molecule has 1 fully saturated rings. The maximum Gasteiger partial charge on any atom is 0.116 e. The van der Waals surface area contributed by atoms with Crippen LogP contribution < -0.4 is 5.32 Å². The Bertz CT molecular complexity index is 572. The van der Waals surface area contributed by atoms with Gasteiger partial charge in [-0.15, -0.1) is 0 Å². The van der Waals surface area contributed by atoms with Gasteiger partial charge in [0.15, 0.2) is 0 Å². The van der Waals surface area contributed by atoms with Crippen LogP contribution in [0.3, 0.4) is 0 Å². The van der Waals surface area contributed by atoms with Crippen molar-refractivity contribution in [1.29, 1.82) is 0 Å². The molecule has 0 aliphatic heterocycles. The van der Waals surface area contributed by atoms with E-state index in [-0.39, 0.29) is 12.8 Å². The Hall–Kier alpha value is -1.36. The lowest BCUT2D eigenvalue weighted by molar-refractivity contribution is 0.0329. The molecule has 1 aromatic carbocycles. The minimum Gasteiger partial charge on any atom is -0.510 e. The van der Waals surface area contributed by atoms with Gasteiger partial charge in [-0.05, 0) is 63.2 Å². The summed E-state index contributed by atoms with van der Waals surface area (Å²) in [6.07, 6.45) is 3.47. The molecule has 0 saturated heterocycles. The first-order valence-corrected chi connectivity index (χ1v) is 8.30. The molecular formula is C19H29NO3. The zero-order valence-corrected chi connectivity index (χ0v) is 14.6. The summed E-state index contributed by atoms with van der Waals surface area (Å²) in [6.45, 7) is 5.92. The van der Waals surface area contributed by atoms with E-state index in [2.05, 4.69) is 37.4 Å². The standard InChI is InChI=1S/C19H29NO3/c1-13-5-6-14(2)17(11-13)15(3)18(22)19(20-12-21)9-7-16(23-4)8-10-19/h5-6,11,16,20-22H,7-10,12H2,1-4H3/b18-15-. The summed E-state index contributed by atoms with van der Waals surface area (Å²) in [6, 6.07) is 6.26. The molecule has 0 bridgehead atoms. The lowest BCUT2D eigenvalue weighted by Gasteiger charge is -2.40. The molecule has 1 aliphatic rings. The number of ether oxygens (including phenoxy) is 1. The zero-order chi connectivity index (χ0) is 17.0. The van der Waals surface area contributed by atoms with Gasteiger partial charge in [0, 0.05) is 7.11 Å². The quantitative estimate of drug-likeness (QED) is 0.574. The van der Waals surface area contributed by atoms with Crippen LogP contribution in [-0.4, -0.2) is 35.7 Å². The molecule has 0 atom stereocenters. The van der Waals surface area contributed by atoms with Crippen molar-refractivity contribution in [3.05, 3.63) is 40.6 Å². The molecule has 0 radical (unpaired) electrons. The number of hydrogen-bond acceptors (Lipinski definition) is 4. The first-order valence-electron chi connectivity index (χ1n) is 8.30. The monoisotopic (exact) mass is 319 g/mol. The van der Waals surface area contributed by atoms with E-state index in [0.717, 1.165) is 42.4 Å². The highest BCUT2D eigenvalue weighted by Crippen LogP contribution is 2.38. The summed E-state index contributed by atoms with van der Waals surface area (Å²) >= 11 is 0. The van der Waals surface area contributed by atoms with Crippen molar-refractivity contribution >= 4 is 5.57 Å².